The van der Waals surface area contributed by atoms with E-state index < -0.39 is 5.95 Å². The second kappa shape index (κ2) is 5.11. The Morgan fingerprint density at radius 2 is 2.38 bits per heavy atom. The monoisotopic (exact) mass is 215 g/mol. The minimum Gasteiger partial charge on any atom is -0.226 e. The molecule has 0 saturated heterocycles. The summed E-state index contributed by atoms with van der Waals surface area (Å²) in [5, 5.41) is 0.386. The third-order valence-corrected chi connectivity index (χ3v) is 1.70. The molecule has 4 heteroatoms. The molecule has 1 rings (SSSR count). The van der Waals surface area contributed by atoms with Crippen LogP contribution >= 0.6 is 24.2 Å². The van der Waals surface area contributed by atoms with E-state index in [2.05, 4.69) is 29.5 Å². The minimum absolute atomic E-state index is 0.231. The van der Waals surface area contributed by atoms with Gasteiger partial charge in [-0.05, 0) is 6.07 Å². The molecule has 0 N–H and O–H groups in total. The van der Waals surface area contributed by atoms with Crippen molar-refractivity contribution in [3.05, 3.63) is 28.8 Å². The van der Waals surface area contributed by atoms with Crippen LogP contribution in [-0.2, 0) is 0 Å². The molecule has 1 heterocycles. The van der Waals surface area contributed by atoms with E-state index in [1.807, 2.05) is 0 Å². The van der Waals surface area contributed by atoms with Crippen molar-refractivity contribution in [1.29, 1.82) is 0 Å². The number of pyridine rings is 1. The first-order valence-electron chi connectivity index (χ1n) is 3.65. The van der Waals surface area contributed by atoms with Crippen LogP contribution in [0.25, 0.3) is 0 Å². The molecule has 0 spiro atoms. The van der Waals surface area contributed by atoms with Crippen molar-refractivity contribution >= 4 is 24.2 Å². The SMILES string of the molecule is Fc1ncc(Cl)cc1C#CCCS. The zero-order valence-corrected chi connectivity index (χ0v) is 8.37. The normalized spacial score (nSPS) is 9.15. The topological polar surface area (TPSA) is 12.9 Å². The summed E-state index contributed by atoms with van der Waals surface area (Å²) in [6.07, 6.45) is 1.87. The highest BCUT2D eigenvalue weighted by Crippen LogP contribution is 2.10. The van der Waals surface area contributed by atoms with Gasteiger partial charge < -0.3 is 0 Å². The lowest BCUT2D eigenvalue weighted by Crippen LogP contribution is -1.87. The molecule has 0 radical (unpaired) electrons. The van der Waals surface area contributed by atoms with Crippen LogP contribution in [0.1, 0.15) is 12.0 Å². The second-order valence-corrected chi connectivity index (χ2v) is 3.15. The fraction of sp³-hybridized carbons (Fsp3) is 0.222. The fourth-order valence-corrected chi connectivity index (χ4v) is 0.994. The summed E-state index contributed by atoms with van der Waals surface area (Å²) in [5.74, 6) is 5.46. The molecule has 1 nitrogen and oxygen atoms in total. The smallest absolute Gasteiger partial charge is 0.226 e. The van der Waals surface area contributed by atoms with Gasteiger partial charge in [0.05, 0.1) is 10.6 Å². The molecule has 0 saturated carbocycles. The van der Waals surface area contributed by atoms with Crippen molar-refractivity contribution in [2.75, 3.05) is 5.75 Å². The predicted molar refractivity (Wildman–Crippen MR) is 54.6 cm³/mol. The Kier molecular flexibility index (Phi) is 4.07. The molecule has 0 unspecified atom stereocenters. The zero-order chi connectivity index (χ0) is 9.68. The van der Waals surface area contributed by atoms with Gasteiger partial charge in [0.15, 0.2) is 0 Å². The molecule has 0 aromatic carbocycles. The quantitative estimate of drug-likeness (QED) is 0.432. The summed E-state index contributed by atoms with van der Waals surface area (Å²) in [7, 11) is 0. The first-order valence-corrected chi connectivity index (χ1v) is 4.66. The minimum atomic E-state index is -0.587. The maximum atomic E-state index is 12.9. The van der Waals surface area contributed by atoms with E-state index in [0.29, 0.717) is 17.2 Å². The average molecular weight is 216 g/mol. The number of thiol groups is 1. The Bertz CT molecular complexity index is 356. The Morgan fingerprint density at radius 1 is 1.62 bits per heavy atom. The van der Waals surface area contributed by atoms with Gasteiger partial charge in [-0.15, -0.1) is 0 Å². The molecule has 13 heavy (non-hydrogen) atoms. The zero-order valence-electron chi connectivity index (χ0n) is 6.72. The molecule has 0 bridgehead atoms. The van der Waals surface area contributed by atoms with E-state index in [4.69, 9.17) is 11.6 Å². The molecule has 0 aliphatic carbocycles. The number of hydrogen-bond acceptors (Lipinski definition) is 2. The molecule has 1 aromatic heterocycles. The average Bonchev–Trinajstić information content (AvgIpc) is 2.11. The highest BCUT2D eigenvalue weighted by molar-refractivity contribution is 7.80. The highest BCUT2D eigenvalue weighted by atomic mass is 35.5. The van der Waals surface area contributed by atoms with E-state index in [1.165, 1.54) is 12.3 Å². The van der Waals surface area contributed by atoms with Crippen LogP contribution < -0.4 is 0 Å². The van der Waals surface area contributed by atoms with E-state index in [-0.39, 0.29) is 5.56 Å². The molecular weight excluding hydrogens is 209 g/mol. The summed E-state index contributed by atoms with van der Waals surface area (Å²) in [5.41, 5.74) is 0.231. The maximum Gasteiger partial charge on any atom is 0.228 e. The number of nitrogens with zero attached hydrogens (tertiary/aromatic N) is 1. The third kappa shape index (κ3) is 3.25. The van der Waals surface area contributed by atoms with E-state index in [9.17, 15) is 4.39 Å². The molecule has 1 aromatic rings. The van der Waals surface area contributed by atoms with Gasteiger partial charge in [0.2, 0.25) is 5.95 Å². The summed E-state index contributed by atoms with van der Waals surface area (Å²) in [4.78, 5) is 3.44. The second-order valence-electron chi connectivity index (χ2n) is 2.27. The maximum absolute atomic E-state index is 12.9. The lowest BCUT2D eigenvalue weighted by molar-refractivity contribution is 0.580. The summed E-state index contributed by atoms with van der Waals surface area (Å²) < 4.78 is 12.9. The van der Waals surface area contributed by atoms with Crippen LogP contribution in [0.4, 0.5) is 4.39 Å². The largest absolute Gasteiger partial charge is 0.228 e. The standard InChI is InChI=1S/C9H7ClFNS/c10-8-5-7(3-1-2-4-13)9(11)12-6-8/h5-6,13H,2,4H2. The number of halogens is 2. The van der Waals surface area contributed by atoms with Gasteiger partial charge in [-0.2, -0.15) is 17.0 Å². The van der Waals surface area contributed by atoms with Crippen LogP contribution in [0.2, 0.25) is 5.02 Å². The molecule has 0 aliphatic rings. The molecule has 0 amide bonds. The van der Waals surface area contributed by atoms with Gasteiger partial charge in [-0.25, -0.2) is 4.98 Å². The van der Waals surface area contributed by atoms with Gasteiger partial charge in [0.1, 0.15) is 0 Å². The van der Waals surface area contributed by atoms with Crippen LogP contribution in [-0.4, -0.2) is 10.7 Å². The van der Waals surface area contributed by atoms with Gasteiger partial charge in [-0.1, -0.05) is 23.4 Å². The van der Waals surface area contributed by atoms with Crippen LogP contribution in [0, 0.1) is 17.8 Å². The van der Waals surface area contributed by atoms with Crippen molar-refractivity contribution in [2.24, 2.45) is 0 Å². The van der Waals surface area contributed by atoms with Crippen LogP contribution in [0.15, 0.2) is 12.3 Å². The van der Waals surface area contributed by atoms with Crippen molar-refractivity contribution in [1.82, 2.24) is 4.98 Å². The van der Waals surface area contributed by atoms with Crippen molar-refractivity contribution in [2.45, 2.75) is 6.42 Å². The molecule has 68 valence electrons. The lowest BCUT2D eigenvalue weighted by Gasteiger charge is -1.93. The number of rotatable bonds is 1. The Hall–Kier alpha value is -0.720. The van der Waals surface area contributed by atoms with Gasteiger partial charge in [-0.3, -0.25) is 0 Å². The van der Waals surface area contributed by atoms with E-state index >= 15 is 0 Å². The fourth-order valence-electron chi connectivity index (χ4n) is 0.724. The van der Waals surface area contributed by atoms with Crippen LogP contribution in [0.5, 0.6) is 0 Å². The van der Waals surface area contributed by atoms with E-state index in [0.717, 1.165) is 0 Å². The molecule has 0 aliphatic heterocycles. The molecular formula is C9H7ClFNS. The lowest BCUT2D eigenvalue weighted by atomic mass is 10.3. The van der Waals surface area contributed by atoms with Crippen molar-refractivity contribution < 1.29 is 4.39 Å². The first kappa shape index (κ1) is 10.4. The van der Waals surface area contributed by atoms with Gasteiger partial charge in [0.25, 0.3) is 0 Å². The summed E-state index contributed by atoms with van der Waals surface area (Å²) >= 11 is 9.59. The Balaban J connectivity index is 2.89. The number of hydrogen-bond donors (Lipinski definition) is 1. The Morgan fingerprint density at radius 3 is 3.08 bits per heavy atom. The van der Waals surface area contributed by atoms with Crippen molar-refractivity contribution in [3.8, 4) is 11.8 Å². The highest BCUT2D eigenvalue weighted by Gasteiger charge is 1.99. The Labute approximate surface area is 86.7 Å². The first-order chi connectivity index (χ1) is 6.24. The number of aromatic nitrogens is 1. The summed E-state index contributed by atoms with van der Waals surface area (Å²) in [6, 6.07) is 1.45. The summed E-state index contributed by atoms with van der Waals surface area (Å²) in [6.45, 7) is 0. The van der Waals surface area contributed by atoms with E-state index in [1.54, 1.807) is 0 Å². The molecule has 0 atom stereocenters. The van der Waals surface area contributed by atoms with Gasteiger partial charge >= 0.3 is 0 Å². The van der Waals surface area contributed by atoms with Gasteiger partial charge in [0, 0.05) is 18.4 Å². The third-order valence-electron chi connectivity index (χ3n) is 1.27. The predicted octanol–water partition coefficient (Wildman–Crippen LogP) is 2.55. The van der Waals surface area contributed by atoms with Crippen LogP contribution in [0.3, 0.4) is 0 Å². The van der Waals surface area contributed by atoms with Crippen molar-refractivity contribution in [3.63, 3.8) is 0 Å². The molecule has 0 fully saturated rings.